The van der Waals surface area contributed by atoms with Gasteiger partial charge in [0.05, 0.1) is 16.8 Å². The van der Waals surface area contributed by atoms with Crippen LogP contribution < -0.4 is 5.32 Å². The number of nitrogens with zero attached hydrogens (tertiary/aromatic N) is 1. The number of aromatic nitrogens is 1. The van der Waals surface area contributed by atoms with Gasteiger partial charge in [0.15, 0.2) is 0 Å². The molecule has 0 aliphatic carbocycles. The number of benzene rings is 3. The molecule has 0 saturated carbocycles. The monoisotopic (exact) mass is 380 g/mol. The minimum absolute atomic E-state index is 0.112. The highest BCUT2D eigenvalue weighted by Crippen LogP contribution is 2.30. The van der Waals surface area contributed by atoms with Gasteiger partial charge in [0.25, 0.3) is 5.91 Å². The van der Waals surface area contributed by atoms with Crippen LogP contribution in [0.3, 0.4) is 0 Å². The molecule has 1 amide bonds. The Balaban J connectivity index is 1.87. The van der Waals surface area contributed by atoms with Gasteiger partial charge in [-0.05, 0) is 62.6 Å². The molecule has 0 unspecified atom stereocenters. The Morgan fingerprint density at radius 1 is 0.793 bits per heavy atom. The molecule has 1 heterocycles. The number of carbonyl (C=O) groups excluding carboxylic acids is 1. The van der Waals surface area contributed by atoms with Crippen LogP contribution in [0, 0.1) is 27.7 Å². The second kappa shape index (κ2) is 7.51. The van der Waals surface area contributed by atoms with E-state index in [0.29, 0.717) is 5.56 Å². The number of amides is 1. The number of carbonyl (C=O) groups is 1. The minimum atomic E-state index is -0.112. The van der Waals surface area contributed by atoms with Crippen molar-refractivity contribution >= 4 is 22.5 Å². The Labute approximate surface area is 171 Å². The van der Waals surface area contributed by atoms with E-state index in [9.17, 15) is 4.79 Å². The summed E-state index contributed by atoms with van der Waals surface area (Å²) < 4.78 is 0. The fourth-order valence-corrected chi connectivity index (χ4v) is 3.83. The number of hydrogen-bond donors (Lipinski definition) is 1. The Morgan fingerprint density at radius 3 is 2.14 bits per heavy atom. The molecule has 4 aromatic rings. The SMILES string of the molecule is Cc1ccc(-c2nc3ccccc3c(C(=O)Nc3cc(C)cc(C)c3)c2C)cc1. The average molecular weight is 380 g/mol. The van der Waals surface area contributed by atoms with Crippen molar-refractivity contribution in [3.63, 3.8) is 0 Å². The summed E-state index contributed by atoms with van der Waals surface area (Å²) in [5.41, 5.74) is 8.48. The van der Waals surface area contributed by atoms with Crippen molar-refractivity contribution in [3.8, 4) is 11.3 Å². The van der Waals surface area contributed by atoms with Gasteiger partial charge in [0.1, 0.15) is 0 Å². The van der Waals surface area contributed by atoms with Gasteiger partial charge in [-0.3, -0.25) is 4.79 Å². The van der Waals surface area contributed by atoms with Crippen LogP contribution in [0.25, 0.3) is 22.2 Å². The third-order valence-corrected chi connectivity index (χ3v) is 5.17. The van der Waals surface area contributed by atoms with Crippen molar-refractivity contribution < 1.29 is 4.79 Å². The quantitative estimate of drug-likeness (QED) is 0.447. The molecule has 0 spiro atoms. The summed E-state index contributed by atoms with van der Waals surface area (Å²) in [7, 11) is 0. The van der Waals surface area contributed by atoms with Crippen molar-refractivity contribution in [3.05, 3.63) is 94.5 Å². The van der Waals surface area contributed by atoms with Gasteiger partial charge < -0.3 is 5.32 Å². The maximum atomic E-state index is 13.4. The molecule has 3 heteroatoms. The smallest absolute Gasteiger partial charge is 0.256 e. The topological polar surface area (TPSA) is 42.0 Å². The lowest BCUT2D eigenvalue weighted by molar-refractivity contribution is 0.102. The zero-order chi connectivity index (χ0) is 20.5. The molecule has 0 atom stereocenters. The van der Waals surface area contributed by atoms with Gasteiger partial charge in [-0.1, -0.05) is 54.1 Å². The molecule has 1 aromatic heterocycles. The molecule has 1 N–H and O–H groups in total. The summed E-state index contributed by atoms with van der Waals surface area (Å²) >= 11 is 0. The first-order valence-corrected chi connectivity index (χ1v) is 9.78. The van der Waals surface area contributed by atoms with Crippen LogP contribution in [-0.2, 0) is 0 Å². The lowest BCUT2D eigenvalue weighted by Crippen LogP contribution is -2.15. The van der Waals surface area contributed by atoms with Gasteiger partial charge in [0, 0.05) is 16.6 Å². The zero-order valence-corrected chi connectivity index (χ0v) is 17.2. The number of pyridine rings is 1. The van der Waals surface area contributed by atoms with Gasteiger partial charge in [-0.25, -0.2) is 4.98 Å². The Kier molecular flexibility index (Phi) is 4.89. The second-order valence-electron chi connectivity index (χ2n) is 7.67. The molecule has 0 aliphatic heterocycles. The van der Waals surface area contributed by atoms with Crippen LogP contribution in [0.5, 0.6) is 0 Å². The molecule has 4 rings (SSSR count). The van der Waals surface area contributed by atoms with Crippen molar-refractivity contribution in [1.82, 2.24) is 4.98 Å². The molecule has 0 radical (unpaired) electrons. The van der Waals surface area contributed by atoms with Gasteiger partial charge in [0.2, 0.25) is 0 Å². The predicted octanol–water partition coefficient (Wildman–Crippen LogP) is 6.39. The Bertz CT molecular complexity index is 1200. The first-order chi connectivity index (χ1) is 13.9. The fraction of sp³-hybridized carbons (Fsp3) is 0.154. The summed E-state index contributed by atoms with van der Waals surface area (Å²) in [5.74, 6) is -0.112. The molecule has 0 fully saturated rings. The molecule has 3 nitrogen and oxygen atoms in total. The van der Waals surface area contributed by atoms with Crippen LogP contribution in [0.1, 0.15) is 32.6 Å². The minimum Gasteiger partial charge on any atom is -0.322 e. The van der Waals surface area contributed by atoms with Crippen LogP contribution in [-0.4, -0.2) is 10.9 Å². The first kappa shape index (κ1) is 18.9. The number of aryl methyl sites for hydroxylation is 3. The number of para-hydroxylation sites is 1. The Hall–Kier alpha value is -3.46. The largest absolute Gasteiger partial charge is 0.322 e. The lowest BCUT2D eigenvalue weighted by Gasteiger charge is -2.15. The summed E-state index contributed by atoms with van der Waals surface area (Å²) in [6.45, 7) is 8.11. The predicted molar refractivity (Wildman–Crippen MR) is 121 cm³/mol. The van der Waals surface area contributed by atoms with E-state index in [0.717, 1.165) is 44.5 Å². The standard InChI is InChI=1S/C26H24N2O/c1-16-9-11-20(12-10-16)25-19(4)24(22-7-5-6-8-23(22)28-25)26(29)27-21-14-17(2)13-18(3)15-21/h5-15H,1-4H3,(H,27,29). The van der Waals surface area contributed by atoms with E-state index in [2.05, 4.69) is 42.6 Å². The summed E-state index contributed by atoms with van der Waals surface area (Å²) in [4.78, 5) is 18.2. The number of anilines is 1. The third kappa shape index (κ3) is 3.77. The van der Waals surface area contributed by atoms with E-state index in [1.54, 1.807) is 0 Å². The average Bonchev–Trinajstić information content (AvgIpc) is 2.67. The van der Waals surface area contributed by atoms with Crippen LogP contribution in [0.15, 0.2) is 66.7 Å². The van der Waals surface area contributed by atoms with E-state index in [-0.39, 0.29) is 5.91 Å². The molecule has 29 heavy (non-hydrogen) atoms. The first-order valence-electron chi connectivity index (χ1n) is 9.78. The van der Waals surface area contributed by atoms with Crippen molar-refractivity contribution in [2.75, 3.05) is 5.32 Å². The number of rotatable bonds is 3. The highest BCUT2D eigenvalue weighted by Gasteiger charge is 2.19. The molecule has 0 bridgehead atoms. The van der Waals surface area contributed by atoms with E-state index >= 15 is 0 Å². The van der Waals surface area contributed by atoms with E-state index in [4.69, 9.17) is 4.98 Å². The van der Waals surface area contributed by atoms with Crippen molar-refractivity contribution in [2.24, 2.45) is 0 Å². The normalized spacial score (nSPS) is 10.9. The highest BCUT2D eigenvalue weighted by atomic mass is 16.1. The van der Waals surface area contributed by atoms with Crippen LogP contribution in [0.4, 0.5) is 5.69 Å². The van der Waals surface area contributed by atoms with E-state index < -0.39 is 0 Å². The zero-order valence-electron chi connectivity index (χ0n) is 17.2. The highest BCUT2D eigenvalue weighted by molar-refractivity contribution is 6.14. The molecular formula is C26H24N2O. The van der Waals surface area contributed by atoms with Crippen LogP contribution >= 0.6 is 0 Å². The van der Waals surface area contributed by atoms with Gasteiger partial charge in [-0.15, -0.1) is 0 Å². The maximum absolute atomic E-state index is 13.4. The van der Waals surface area contributed by atoms with Gasteiger partial charge >= 0.3 is 0 Å². The third-order valence-electron chi connectivity index (χ3n) is 5.17. The fourth-order valence-electron chi connectivity index (χ4n) is 3.83. The van der Waals surface area contributed by atoms with Crippen molar-refractivity contribution in [1.29, 1.82) is 0 Å². The molecule has 3 aromatic carbocycles. The summed E-state index contributed by atoms with van der Waals surface area (Å²) in [6, 6.07) is 22.2. The van der Waals surface area contributed by atoms with Crippen molar-refractivity contribution in [2.45, 2.75) is 27.7 Å². The summed E-state index contributed by atoms with van der Waals surface area (Å²) in [5, 5.41) is 3.96. The second-order valence-corrected chi connectivity index (χ2v) is 7.67. The molecular weight excluding hydrogens is 356 g/mol. The van der Waals surface area contributed by atoms with E-state index in [1.165, 1.54) is 5.56 Å². The van der Waals surface area contributed by atoms with E-state index in [1.807, 2.05) is 57.2 Å². The number of fused-ring (bicyclic) bond motifs is 1. The van der Waals surface area contributed by atoms with Crippen LogP contribution in [0.2, 0.25) is 0 Å². The maximum Gasteiger partial charge on any atom is 0.256 e. The summed E-state index contributed by atoms with van der Waals surface area (Å²) in [6.07, 6.45) is 0. The molecule has 0 aliphatic rings. The molecule has 144 valence electrons. The number of nitrogens with one attached hydrogen (secondary N) is 1. The van der Waals surface area contributed by atoms with Gasteiger partial charge in [-0.2, -0.15) is 0 Å². The Morgan fingerprint density at radius 2 is 1.45 bits per heavy atom. The lowest BCUT2D eigenvalue weighted by atomic mass is 9.96. The molecule has 0 saturated heterocycles. The number of hydrogen-bond acceptors (Lipinski definition) is 2.